The van der Waals surface area contributed by atoms with Crippen molar-refractivity contribution in [3.63, 3.8) is 0 Å². The van der Waals surface area contributed by atoms with E-state index in [2.05, 4.69) is 0 Å². The Hall–Kier alpha value is -4.88. The van der Waals surface area contributed by atoms with Crippen molar-refractivity contribution in [1.29, 1.82) is 0 Å². The number of nitrogens with zero attached hydrogens (tertiary/aromatic N) is 1. The fourth-order valence-corrected chi connectivity index (χ4v) is 5.68. The van der Waals surface area contributed by atoms with Gasteiger partial charge in [0, 0.05) is 49.5 Å². The molecule has 0 aliphatic carbocycles. The van der Waals surface area contributed by atoms with Crippen molar-refractivity contribution in [1.82, 2.24) is 4.90 Å². The molecule has 0 bridgehead atoms. The quantitative estimate of drug-likeness (QED) is 0.134. The number of benzene rings is 2. The lowest BCUT2D eigenvalue weighted by Crippen LogP contribution is -2.61. The van der Waals surface area contributed by atoms with Gasteiger partial charge in [0.05, 0.1) is 16.6 Å². The van der Waals surface area contributed by atoms with E-state index < -0.39 is 59.7 Å². The number of phenolic OH excluding ortho intramolecular Hbond substituents is 1. The lowest BCUT2D eigenvalue weighted by Gasteiger charge is -2.47. The molecule has 1 aliphatic rings. The molecule has 2 amide bonds. The Labute approximate surface area is 283 Å². The average molecular weight is 681 g/mol. The topological polar surface area (TPSA) is 199 Å². The van der Waals surface area contributed by atoms with Crippen molar-refractivity contribution in [2.75, 3.05) is 7.05 Å². The van der Waals surface area contributed by atoms with Gasteiger partial charge in [-0.25, -0.2) is 9.59 Å². The first-order chi connectivity index (χ1) is 22.8. The number of aliphatic hydroxyl groups excluding tert-OH is 1. The van der Waals surface area contributed by atoms with Gasteiger partial charge in [0.15, 0.2) is 11.9 Å². The van der Waals surface area contributed by atoms with E-state index in [1.165, 1.54) is 36.1 Å². The zero-order chi connectivity index (χ0) is 36.5. The number of aromatic hydroxyl groups is 2. The van der Waals surface area contributed by atoms with Crippen molar-refractivity contribution in [2.45, 2.75) is 92.0 Å². The molecule has 2 aromatic carbocycles. The van der Waals surface area contributed by atoms with E-state index in [9.17, 15) is 34.5 Å². The maximum atomic E-state index is 13.6. The third-order valence-electron chi connectivity index (χ3n) is 9.06. The summed E-state index contributed by atoms with van der Waals surface area (Å²) in [4.78, 5) is 51.7. The number of primary amides is 1. The SMILES string of the molecule is CC(=O)N(C)Cc1cc(C(=O)Cc2c(O)c3ccc(O[C@@H]4OC(C)(C)[C@H](C)[C@@H](OC(N)=O)[C@H]4O)c(C)c3oc2=O)cc(CC=C(C)C)c1O. The molecule has 49 heavy (non-hydrogen) atoms. The van der Waals surface area contributed by atoms with Crippen molar-refractivity contribution < 1.29 is 48.3 Å². The largest absolute Gasteiger partial charge is 0.507 e. The Bertz CT molecular complexity index is 1870. The number of phenols is 1. The van der Waals surface area contributed by atoms with Crippen LogP contribution in [-0.4, -0.2) is 69.1 Å². The second kappa shape index (κ2) is 14.3. The molecule has 1 fully saturated rings. The molecule has 0 radical (unpaired) electrons. The second-order valence-corrected chi connectivity index (χ2v) is 13.3. The highest BCUT2D eigenvalue weighted by Crippen LogP contribution is 2.39. The molecule has 3 aromatic rings. The summed E-state index contributed by atoms with van der Waals surface area (Å²) in [6.07, 6.45) is -3.08. The standard InChI is InChI=1S/C36H44N2O11/c1-17(2)9-10-21-13-22(14-23(28(21)41)16-38(8)20(5)39)26(40)15-25-29(42)24-11-12-27(18(3)31(24)47-33(25)44)46-34-30(43)32(48-35(37)45)19(4)36(6,7)49-34/h9,11-14,19,30,32,34,41-43H,10,15-16H2,1-8H3,(H2,37,45)/t19-,30-,32-,34-/m1/s1. The zero-order valence-electron chi connectivity index (χ0n) is 28.9. The van der Waals surface area contributed by atoms with Crippen LogP contribution >= 0.6 is 0 Å². The van der Waals surface area contributed by atoms with E-state index in [0.717, 1.165) is 5.57 Å². The van der Waals surface area contributed by atoms with Gasteiger partial charge in [0.25, 0.3) is 0 Å². The minimum absolute atomic E-state index is 0.0118. The number of carbonyl (C=O) groups is 3. The molecule has 13 heteroatoms. The van der Waals surface area contributed by atoms with Gasteiger partial charge in [-0.15, -0.1) is 0 Å². The number of Topliss-reactive ketones (excluding diaryl/α,β-unsaturated/α-hetero) is 1. The van der Waals surface area contributed by atoms with Crippen molar-refractivity contribution in [3.05, 3.63) is 74.2 Å². The minimum atomic E-state index is -1.41. The number of carbonyl (C=O) groups excluding carboxylic acids is 3. The molecule has 2 heterocycles. The number of rotatable bonds is 10. The molecule has 264 valence electrons. The first-order valence-electron chi connectivity index (χ1n) is 15.8. The van der Waals surface area contributed by atoms with Crippen molar-refractivity contribution in [3.8, 4) is 17.2 Å². The Kier molecular flexibility index (Phi) is 10.8. The second-order valence-electron chi connectivity index (χ2n) is 13.3. The molecule has 13 nitrogen and oxygen atoms in total. The Morgan fingerprint density at radius 1 is 1.08 bits per heavy atom. The van der Waals surface area contributed by atoms with Gasteiger partial charge in [-0.3, -0.25) is 9.59 Å². The van der Waals surface area contributed by atoms with Crippen molar-refractivity contribution in [2.24, 2.45) is 11.7 Å². The zero-order valence-corrected chi connectivity index (χ0v) is 28.9. The molecular formula is C36H44N2O11. The first kappa shape index (κ1) is 36.9. The van der Waals surface area contributed by atoms with Gasteiger partial charge in [0.1, 0.15) is 28.9 Å². The molecule has 1 saturated heterocycles. The summed E-state index contributed by atoms with van der Waals surface area (Å²) in [7, 11) is 1.57. The number of nitrogens with two attached hydrogens (primary N) is 1. The number of allylic oxidation sites excluding steroid dienone is 2. The molecule has 4 atom stereocenters. The highest BCUT2D eigenvalue weighted by atomic mass is 16.7. The monoisotopic (exact) mass is 680 g/mol. The maximum absolute atomic E-state index is 13.6. The minimum Gasteiger partial charge on any atom is -0.507 e. The van der Waals surface area contributed by atoms with Crippen LogP contribution in [0.15, 0.2) is 45.1 Å². The van der Waals surface area contributed by atoms with Crippen LogP contribution in [0.4, 0.5) is 4.79 Å². The summed E-state index contributed by atoms with van der Waals surface area (Å²) in [5, 5.41) is 33.3. The molecule has 0 spiro atoms. The number of hydrogen-bond acceptors (Lipinski definition) is 11. The van der Waals surface area contributed by atoms with Gasteiger partial charge in [-0.2, -0.15) is 0 Å². The molecule has 0 unspecified atom stereocenters. The summed E-state index contributed by atoms with van der Waals surface area (Å²) in [6.45, 7) is 12.1. The van der Waals surface area contributed by atoms with Gasteiger partial charge < -0.3 is 44.6 Å². The van der Waals surface area contributed by atoms with Gasteiger partial charge >= 0.3 is 11.7 Å². The summed E-state index contributed by atoms with van der Waals surface area (Å²) in [5.74, 6) is -1.52. The highest BCUT2D eigenvalue weighted by Gasteiger charge is 2.50. The lowest BCUT2D eigenvalue weighted by atomic mass is 9.82. The number of aryl methyl sites for hydroxylation is 1. The van der Waals surface area contributed by atoms with E-state index in [0.29, 0.717) is 23.1 Å². The van der Waals surface area contributed by atoms with Gasteiger partial charge in [-0.05, 0) is 70.9 Å². The van der Waals surface area contributed by atoms with Crippen LogP contribution in [0.25, 0.3) is 11.0 Å². The molecule has 1 aromatic heterocycles. The van der Waals surface area contributed by atoms with E-state index in [1.807, 2.05) is 19.9 Å². The van der Waals surface area contributed by atoms with Crippen LogP contribution in [-0.2, 0) is 33.7 Å². The summed E-state index contributed by atoms with van der Waals surface area (Å²) in [6, 6.07) is 5.93. The van der Waals surface area contributed by atoms with E-state index in [1.54, 1.807) is 34.7 Å². The van der Waals surface area contributed by atoms with Crippen LogP contribution in [0.5, 0.6) is 17.2 Å². The first-order valence-corrected chi connectivity index (χ1v) is 15.8. The molecule has 1 aliphatic heterocycles. The van der Waals surface area contributed by atoms with E-state index in [4.69, 9.17) is 24.4 Å². The van der Waals surface area contributed by atoms with Crippen LogP contribution in [0.2, 0.25) is 0 Å². The Morgan fingerprint density at radius 3 is 2.35 bits per heavy atom. The summed E-state index contributed by atoms with van der Waals surface area (Å²) >= 11 is 0. The van der Waals surface area contributed by atoms with Crippen LogP contribution in [0.3, 0.4) is 0 Å². The number of ether oxygens (including phenoxy) is 3. The number of amides is 2. The fraction of sp³-hybridized carbons (Fsp3) is 0.444. The maximum Gasteiger partial charge on any atom is 0.404 e. The number of aliphatic hydroxyl groups is 1. The van der Waals surface area contributed by atoms with Crippen molar-refractivity contribution >= 4 is 28.8 Å². The van der Waals surface area contributed by atoms with Gasteiger partial charge in [-0.1, -0.05) is 18.6 Å². The third-order valence-corrected chi connectivity index (χ3v) is 9.06. The predicted octanol–water partition coefficient (Wildman–Crippen LogP) is 4.40. The Morgan fingerprint density at radius 2 is 1.73 bits per heavy atom. The summed E-state index contributed by atoms with van der Waals surface area (Å²) < 4.78 is 22.8. The number of ketones is 1. The Balaban J connectivity index is 1.67. The average Bonchev–Trinajstić information content (AvgIpc) is 3.01. The molecule has 4 rings (SSSR count). The van der Waals surface area contributed by atoms with Crippen LogP contribution in [0.1, 0.15) is 74.2 Å². The third kappa shape index (κ3) is 7.89. The predicted molar refractivity (Wildman–Crippen MR) is 180 cm³/mol. The summed E-state index contributed by atoms with van der Waals surface area (Å²) in [5.41, 5.74) is 5.42. The highest BCUT2D eigenvalue weighted by molar-refractivity contribution is 5.99. The van der Waals surface area contributed by atoms with E-state index >= 15 is 0 Å². The molecule has 0 saturated carbocycles. The molecular weight excluding hydrogens is 636 g/mol. The number of hydrogen-bond donors (Lipinski definition) is 4. The molecule has 5 N–H and O–H groups in total. The van der Waals surface area contributed by atoms with E-state index in [-0.39, 0.29) is 46.0 Å². The van der Waals surface area contributed by atoms with Gasteiger partial charge in [0.2, 0.25) is 12.2 Å². The van der Waals surface area contributed by atoms with Crippen LogP contribution < -0.4 is 16.1 Å². The number of fused-ring (bicyclic) bond motifs is 1. The lowest BCUT2D eigenvalue weighted by molar-refractivity contribution is -0.283. The smallest absolute Gasteiger partial charge is 0.404 e. The normalized spacial score (nSPS) is 20.0. The van der Waals surface area contributed by atoms with Crippen LogP contribution in [0, 0.1) is 12.8 Å². The fourth-order valence-electron chi connectivity index (χ4n) is 5.68.